The summed E-state index contributed by atoms with van der Waals surface area (Å²) in [6, 6.07) is 11.0. The van der Waals surface area contributed by atoms with Gasteiger partial charge in [0.1, 0.15) is 0 Å². The zero-order valence-electron chi connectivity index (χ0n) is 14.7. The SMILES string of the molecule is CN=C(NCCc1cnn(C)c1)NC(C)CCc1ccccc1.I. The summed E-state index contributed by atoms with van der Waals surface area (Å²) in [6.07, 6.45) is 7.03. The van der Waals surface area contributed by atoms with E-state index in [-0.39, 0.29) is 24.0 Å². The van der Waals surface area contributed by atoms with Crippen LogP contribution in [0.5, 0.6) is 0 Å². The van der Waals surface area contributed by atoms with Gasteiger partial charge < -0.3 is 10.6 Å². The van der Waals surface area contributed by atoms with Gasteiger partial charge in [-0.3, -0.25) is 9.67 Å². The third kappa shape index (κ3) is 7.33. The highest BCUT2D eigenvalue weighted by Crippen LogP contribution is 2.04. The molecule has 132 valence electrons. The molecule has 0 amide bonds. The van der Waals surface area contributed by atoms with Gasteiger partial charge in [-0.1, -0.05) is 30.3 Å². The minimum Gasteiger partial charge on any atom is -0.356 e. The molecule has 1 aromatic carbocycles. The van der Waals surface area contributed by atoms with Crippen LogP contribution in [0.2, 0.25) is 0 Å². The lowest BCUT2D eigenvalue weighted by atomic mass is 10.1. The molecule has 1 aromatic heterocycles. The maximum absolute atomic E-state index is 4.29. The van der Waals surface area contributed by atoms with Crippen molar-refractivity contribution in [2.45, 2.75) is 32.2 Å². The monoisotopic (exact) mass is 441 g/mol. The molecule has 0 aliphatic rings. The number of hydrogen-bond donors (Lipinski definition) is 2. The van der Waals surface area contributed by atoms with Crippen LogP contribution in [-0.2, 0) is 19.9 Å². The average Bonchev–Trinajstić information content (AvgIpc) is 2.98. The molecule has 0 aliphatic carbocycles. The highest BCUT2D eigenvalue weighted by Gasteiger charge is 2.05. The number of aliphatic imine (C=N–C) groups is 1. The summed E-state index contributed by atoms with van der Waals surface area (Å²) in [5.41, 5.74) is 2.60. The second-order valence-electron chi connectivity index (χ2n) is 5.84. The molecular weight excluding hydrogens is 413 g/mol. The number of aromatic nitrogens is 2. The lowest BCUT2D eigenvalue weighted by molar-refractivity contribution is 0.593. The summed E-state index contributed by atoms with van der Waals surface area (Å²) in [5, 5.41) is 11.0. The van der Waals surface area contributed by atoms with E-state index in [0.29, 0.717) is 6.04 Å². The van der Waals surface area contributed by atoms with Crippen molar-refractivity contribution >= 4 is 29.9 Å². The molecule has 5 nitrogen and oxygen atoms in total. The Labute approximate surface area is 162 Å². The minimum atomic E-state index is 0. The highest BCUT2D eigenvalue weighted by molar-refractivity contribution is 14.0. The van der Waals surface area contributed by atoms with Crippen LogP contribution in [0.25, 0.3) is 0 Å². The van der Waals surface area contributed by atoms with Gasteiger partial charge in [0.05, 0.1) is 6.20 Å². The quantitative estimate of drug-likeness (QED) is 0.395. The van der Waals surface area contributed by atoms with Crippen LogP contribution in [0.15, 0.2) is 47.7 Å². The Bertz CT molecular complexity index is 609. The lowest BCUT2D eigenvalue weighted by Gasteiger charge is -2.17. The minimum absolute atomic E-state index is 0. The number of benzene rings is 1. The van der Waals surface area contributed by atoms with Crippen molar-refractivity contribution in [1.82, 2.24) is 20.4 Å². The molecule has 0 aliphatic heterocycles. The molecule has 24 heavy (non-hydrogen) atoms. The molecule has 1 atom stereocenters. The molecular formula is C18H28IN5. The number of guanidine groups is 1. The molecule has 2 rings (SSSR count). The Morgan fingerprint density at radius 2 is 1.96 bits per heavy atom. The van der Waals surface area contributed by atoms with Crippen molar-refractivity contribution in [3.63, 3.8) is 0 Å². The van der Waals surface area contributed by atoms with E-state index in [1.807, 2.05) is 31.2 Å². The van der Waals surface area contributed by atoms with Crippen LogP contribution >= 0.6 is 24.0 Å². The van der Waals surface area contributed by atoms with Crippen LogP contribution in [0.3, 0.4) is 0 Å². The van der Waals surface area contributed by atoms with Crippen molar-refractivity contribution in [2.75, 3.05) is 13.6 Å². The molecule has 2 aromatic rings. The summed E-state index contributed by atoms with van der Waals surface area (Å²) in [7, 11) is 3.75. The Morgan fingerprint density at radius 3 is 2.58 bits per heavy atom. The fourth-order valence-electron chi connectivity index (χ4n) is 2.45. The largest absolute Gasteiger partial charge is 0.356 e. The van der Waals surface area contributed by atoms with E-state index in [9.17, 15) is 0 Å². The van der Waals surface area contributed by atoms with E-state index < -0.39 is 0 Å². The average molecular weight is 441 g/mol. The molecule has 2 N–H and O–H groups in total. The number of hydrogen-bond acceptors (Lipinski definition) is 2. The van der Waals surface area contributed by atoms with Crippen molar-refractivity contribution in [3.05, 3.63) is 53.9 Å². The van der Waals surface area contributed by atoms with E-state index in [2.05, 4.69) is 58.0 Å². The molecule has 0 radical (unpaired) electrons. The zero-order valence-corrected chi connectivity index (χ0v) is 17.0. The van der Waals surface area contributed by atoms with Gasteiger partial charge >= 0.3 is 0 Å². The van der Waals surface area contributed by atoms with Gasteiger partial charge in [-0.15, -0.1) is 24.0 Å². The molecule has 0 bridgehead atoms. The first-order valence-electron chi connectivity index (χ1n) is 8.16. The van der Waals surface area contributed by atoms with Crippen LogP contribution in [0.1, 0.15) is 24.5 Å². The molecule has 0 saturated carbocycles. The maximum Gasteiger partial charge on any atom is 0.191 e. The van der Waals surface area contributed by atoms with Crippen molar-refractivity contribution in [1.29, 1.82) is 0 Å². The third-order valence-corrected chi connectivity index (χ3v) is 3.78. The van der Waals surface area contributed by atoms with Gasteiger partial charge in [0.15, 0.2) is 5.96 Å². The number of halogens is 1. The van der Waals surface area contributed by atoms with Crippen molar-refractivity contribution < 1.29 is 0 Å². The Morgan fingerprint density at radius 1 is 1.21 bits per heavy atom. The van der Waals surface area contributed by atoms with Gasteiger partial charge in [0.25, 0.3) is 0 Å². The smallest absolute Gasteiger partial charge is 0.191 e. The zero-order chi connectivity index (χ0) is 16.5. The molecule has 0 saturated heterocycles. The standard InChI is InChI=1S/C18H27N5.HI/c1-15(9-10-16-7-5-4-6-8-16)22-18(19-2)20-12-11-17-13-21-23(3)14-17;/h4-8,13-15H,9-12H2,1-3H3,(H2,19,20,22);1H. The van der Waals surface area contributed by atoms with Gasteiger partial charge in [-0.05, 0) is 37.3 Å². The van der Waals surface area contributed by atoms with E-state index in [0.717, 1.165) is 31.8 Å². The topological polar surface area (TPSA) is 54.2 Å². The number of rotatable bonds is 7. The summed E-state index contributed by atoms with van der Waals surface area (Å²) in [6.45, 7) is 3.04. The first-order valence-corrected chi connectivity index (χ1v) is 8.16. The Balaban J connectivity index is 0.00000288. The van der Waals surface area contributed by atoms with Crippen LogP contribution in [0.4, 0.5) is 0 Å². The van der Waals surface area contributed by atoms with Gasteiger partial charge in [0, 0.05) is 32.9 Å². The second-order valence-corrected chi connectivity index (χ2v) is 5.84. The Hall–Kier alpha value is -1.57. The maximum atomic E-state index is 4.29. The summed E-state index contributed by atoms with van der Waals surface area (Å²) >= 11 is 0. The van der Waals surface area contributed by atoms with Gasteiger partial charge in [-0.25, -0.2) is 0 Å². The molecule has 6 heteroatoms. The number of nitrogens with one attached hydrogen (secondary N) is 2. The van der Waals surface area contributed by atoms with Crippen LogP contribution in [-0.4, -0.2) is 35.4 Å². The predicted molar refractivity (Wildman–Crippen MR) is 111 cm³/mol. The number of nitrogens with zero attached hydrogens (tertiary/aromatic N) is 3. The van der Waals surface area contributed by atoms with Gasteiger partial charge in [0.2, 0.25) is 0 Å². The third-order valence-electron chi connectivity index (χ3n) is 3.78. The van der Waals surface area contributed by atoms with Crippen LogP contribution in [0, 0.1) is 0 Å². The van der Waals surface area contributed by atoms with Crippen LogP contribution < -0.4 is 10.6 Å². The first kappa shape index (κ1) is 20.5. The predicted octanol–water partition coefficient (Wildman–Crippen LogP) is 2.77. The summed E-state index contributed by atoms with van der Waals surface area (Å²) in [5.74, 6) is 0.856. The highest BCUT2D eigenvalue weighted by atomic mass is 127. The van der Waals surface area contributed by atoms with Crippen molar-refractivity contribution in [3.8, 4) is 0 Å². The molecule has 1 unspecified atom stereocenters. The molecule has 0 spiro atoms. The fraction of sp³-hybridized carbons (Fsp3) is 0.444. The summed E-state index contributed by atoms with van der Waals surface area (Å²) < 4.78 is 1.83. The molecule has 0 fully saturated rings. The fourth-order valence-corrected chi connectivity index (χ4v) is 2.45. The first-order chi connectivity index (χ1) is 11.2. The Kier molecular flexibility index (Phi) is 9.44. The normalized spacial score (nSPS) is 12.4. The van der Waals surface area contributed by atoms with E-state index >= 15 is 0 Å². The van der Waals surface area contributed by atoms with E-state index in [1.54, 1.807) is 0 Å². The van der Waals surface area contributed by atoms with E-state index in [1.165, 1.54) is 11.1 Å². The van der Waals surface area contributed by atoms with Gasteiger partial charge in [-0.2, -0.15) is 5.10 Å². The lowest BCUT2D eigenvalue weighted by Crippen LogP contribution is -2.43. The second kappa shape index (κ2) is 11.1. The number of aryl methyl sites for hydroxylation is 2. The van der Waals surface area contributed by atoms with E-state index in [4.69, 9.17) is 0 Å². The summed E-state index contributed by atoms with van der Waals surface area (Å²) in [4.78, 5) is 4.29. The molecule has 1 heterocycles. The van der Waals surface area contributed by atoms with Crippen molar-refractivity contribution in [2.24, 2.45) is 12.0 Å².